The zero-order valence-corrected chi connectivity index (χ0v) is 20.3. The highest BCUT2D eigenvalue weighted by molar-refractivity contribution is 6.04. The molecule has 38 heavy (non-hydrogen) atoms. The van der Waals surface area contributed by atoms with Crippen LogP contribution < -0.4 is 11.1 Å². The van der Waals surface area contributed by atoms with Crippen molar-refractivity contribution in [2.75, 3.05) is 17.6 Å². The van der Waals surface area contributed by atoms with E-state index in [-0.39, 0.29) is 29.5 Å². The first kappa shape index (κ1) is 23.3. The van der Waals surface area contributed by atoms with Gasteiger partial charge in [-0.1, -0.05) is 24.8 Å². The molecular weight excluding hydrogens is 482 g/mol. The quantitative estimate of drug-likeness (QED) is 0.310. The van der Waals surface area contributed by atoms with Gasteiger partial charge in [-0.2, -0.15) is 10.4 Å². The third kappa shape index (κ3) is 3.83. The van der Waals surface area contributed by atoms with Crippen molar-refractivity contribution in [3.8, 4) is 17.3 Å². The standard InChI is InChI=1S/C27H23N9O2/c1-15(12-28)27(38)35-13-16-10-19(35)20(11-16)36-25-22(24(29)31-14-32-25)23(34-36)17-5-7-18(8-6-17)26(37)33-21-4-2-3-9-30-21/h2-9,14,16,19-20H,1,10-11,13H2,(H2,29,31,32)(H,30,33,37)/t16-,19-,20?/m1/s1. The minimum Gasteiger partial charge on any atom is -0.383 e. The Kier molecular flexibility index (Phi) is 5.57. The molecule has 1 saturated carbocycles. The highest BCUT2D eigenvalue weighted by atomic mass is 16.2. The second-order valence-electron chi connectivity index (χ2n) is 9.52. The van der Waals surface area contributed by atoms with Gasteiger partial charge in [-0.05, 0) is 43.0 Å². The van der Waals surface area contributed by atoms with Crippen molar-refractivity contribution in [1.82, 2.24) is 29.6 Å². The van der Waals surface area contributed by atoms with Crippen molar-refractivity contribution < 1.29 is 9.59 Å². The molecule has 0 radical (unpaired) electrons. The Labute approximate surface area is 217 Å². The van der Waals surface area contributed by atoms with Gasteiger partial charge in [0.15, 0.2) is 5.65 Å². The first-order valence-electron chi connectivity index (χ1n) is 12.2. The van der Waals surface area contributed by atoms with Crippen molar-refractivity contribution in [1.29, 1.82) is 5.26 Å². The lowest BCUT2D eigenvalue weighted by Gasteiger charge is -2.33. The van der Waals surface area contributed by atoms with Crippen LogP contribution in [-0.2, 0) is 4.79 Å². The number of hydrogen-bond donors (Lipinski definition) is 2. The SMILES string of the molecule is C=C(C#N)C(=O)N1C[C@H]2CC(n3nc(-c4ccc(C(=O)Nc5ccccn5)cc4)c4c(N)ncnc43)[C@H]1C2. The molecule has 2 bridgehead atoms. The third-order valence-electron chi connectivity index (χ3n) is 7.26. The molecular formula is C27H23N9O2. The summed E-state index contributed by atoms with van der Waals surface area (Å²) >= 11 is 0. The minimum atomic E-state index is -0.338. The predicted molar refractivity (Wildman–Crippen MR) is 139 cm³/mol. The van der Waals surface area contributed by atoms with E-state index in [1.54, 1.807) is 53.6 Å². The minimum absolute atomic E-state index is 0.0685. The average Bonchev–Trinajstić information content (AvgIpc) is 3.66. The number of nitrogens with one attached hydrogen (secondary N) is 1. The monoisotopic (exact) mass is 505 g/mol. The molecule has 1 aliphatic carbocycles. The van der Waals surface area contributed by atoms with E-state index >= 15 is 0 Å². The number of nitriles is 1. The molecule has 2 aliphatic rings. The second-order valence-corrected chi connectivity index (χ2v) is 9.52. The molecule has 0 spiro atoms. The van der Waals surface area contributed by atoms with E-state index in [1.807, 2.05) is 10.8 Å². The molecule has 1 unspecified atom stereocenters. The van der Waals surface area contributed by atoms with Crippen LogP contribution in [0.2, 0.25) is 0 Å². The first-order chi connectivity index (χ1) is 18.4. The maximum atomic E-state index is 12.8. The summed E-state index contributed by atoms with van der Waals surface area (Å²) in [6.07, 6.45) is 4.67. The number of piperidine rings is 1. The first-order valence-corrected chi connectivity index (χ1v) is 12.2. The molecule has 4 heterocycles. The van der Waals surface area contributed by atoms with Crippen LogP contribution in [0.5, 0.6) is 0 Å². The highest BCUT2D eigenvalue weighted by Crippen LogP contribution is 2.46. The van der Waals surface area contributed by atoms with Crippen molar-refractivity contribution in [3.63, 3.8) is 0 Å². The molecule has 3 aromatic heterocycles. The largest absolute Gasteiger partial charge is 0.383 e. The van der Waals surface area contributed by atoms with Crippen LogP contribution in [-0.4, -0.2) is 54.0 Å². The average molecular weight is 506 g/mol. The number of carbonyl (C=O) groups is 2. The Balaban J connectivity index is 1.34. The molecule has 1 aromatic carbocycles. The van der Waals surface area contributed by atoms with E-state index in [4.69, 9.17) is 10.8 Å². The number of fused-ring (bicyclic) bond motifs is 3. The lowest BCUT2D eigenvalue weighted by atomic mass is 10.0. The van der Waals surface area contributed by atoms with E-state index in [1.165, 1.54) is 6.33 Å². The zero-order chi connectivity index (χ0) is 26.4. The Morgan fingerprint density at radius 2 is 1.87 bits per heavy atom. The fourth-order valence-corrected chi connectivity index (χ4v) is 5.54. The number of anilines is 2. The van der Waals surface area contributed by atoms with Gasteiger partial charge in [-0.3, -0.25) is 9.59 Å². The summed E-state index contributed by atoms with van der Waals surface area (Å²) in [5.41, 5.74) is 8.61. The van der Waals surface area contributed by atoms with Gasteiger partial charge in [0.2, 0.25) is 0 Å². The smallest absolute Gasteiger partial charge is 0.264 e. The summed E-state index contributed by atoms with van der Waals surface area (Å²) in [5, 5.41) is 17.5. The van der Waals surface area contributed by atoms with Crippen LogP contribution in [0.15, 0.2) is 67.1 Å². The Morgan fingerprint density at radius 1 is 1.08 bits per heavy atom. The summed E-state index contributed by atoms with van der Waals surface area (Å²) in [6, 6.07) is 13.9. The summed E-state index contributed by atoms with van der Waals surface area (Å²) in [6.45, 7) is 4.21. The van der Waals surface area contributed by atoms with Crippen LogP contribution in [0.4, 0.5) is 11.6 Å². The normalized spacial score (nSPS) is 19.9. The lowest BCUT2D eigenvalue weighted by molar-refractivity contribution is -0.129. The number of pyridine rings is 1. The number of rotatable bonds is 5. The Bertz CT molecular complexity index is 1620. The molecule has 2 fully saturated rings. The van der Waals surface area contributed by atoms with Gasteiger partial charge in [0, 0.05) is 23.9 Å². The fraction of sp³-hybridized carbons (Fsp3) is 0.222. The van der Waals surface area contributed by atoms with Crippen molar-refractivity contribution in [2.45, 2.75) is 24.9 Å². The predicted octanol–water partition coefficient (Wildman–Crippen LogP) is 2.96. The molecule has 1 saturated heterocycles. The van der Waals surface area contributed by atoms with Crippen molar-refractivity contribution >= 4 is 34.5 Å². The number of nitrogens with zero attached hydrogens (tertiary/aromatic N) is 7. The van der Waals surface area contributed by atoms with Crippen molar-refractivity contribution in [3.05, 3.63) is 72.7 Å². The number of aromatic nitrogens is 5. The van der Waals surface area contributed by atoms with Gasteiger partial charge in [0.05, 0.1) is 17.5 Å². The van der Waals surface area contributed by atoms with E-state index < -0.39 is 0 Å². The number of nitrogen functional groups attached to an aromatic ring is 1. The fourth-order valence-electron chi connectivity index (χ4n) is 5.54. The molecule has 4 aromatic rings. The number of amides is 2. The lowest BCUT2D eigenvalue weighted by Crippen LogP contribution is -2.43. The van der Waals surface area contributed by atoms with Gasteiger partial charge < -0.3 is 16.0 Å². The molecule has 3 atom stereocenters. The third-order valence-corrected chi connectivity index (χ3v) is 7.26. The molecule has 11 heteroatoms. The highest BCUT2D eigenvalue weighted by Gasteiger charge is 2.49. The molecule has 3 N–H and O–H groups in total. The maximum Gasteiger partial charge on any atom is 0.264 e. The maximum absolute atomic E-state index is 12.8. The topological polar surface area (TPSA) is 156 Å². The molecule has 11 nitrogen and oxygen atoms in total. The van der Waals surface area contributed by atoms with E-state index in [0.29, 0.717) is 46.4 Å². The van der Waals surface area contributed by atoms with Gasteiger partial charge in [0.25, 0.3) is 11.8 Å². The van der Waals surface area contributed by atoms with Gasteiger partial charge >= 0.3 is 0 Å². The van der Waals surface area contributed by atoms with E-state index in [9.17, 15) is 14.9 Å². The molecule has 6 rings (SSSR count). The summed E-state index contributed by atoms with van der Waals surface area (Å²) in [5.74, 6) is 0.448. The van der Waals surface area contributed by atoms with Crippen LogP contribution >= 0.6 is 0 Å². The molecule has 2 amide bonds. The summed E-state index contributed by atoms with van der Waals surface area (Å²) in [4.78, 5) is 40.0. The zero-order valence-electron chi connectivity index (χ0n) is 20.3. The second kappa shape index (κ2) is 9.08. The number of nitrogens with two attached hydrogens (primary N) is 1. The van der Waals surface area contributed by atoms with Gasteiger partial charge in [0.1, 0.15) is 35.3 Å². The summed E-state index contributed by atoms with van der Waals surface area (Å²) in [7, 11) is 0. The van der Waals surface area contributed by atoms with Crippen LogP contribution in [0.3, 0.4) is 0 Å². The number of benzene rings is 1. The summed E-state index contributed by atoms with van der Waals surface area (Å²) < 4.78 is 1.84. The number of hydrogen-bond acceptors (Lipinski definition) is 8. The molecule has 1 aliphatic heterocycles. The molecule has 188 valence electrons. The van der Waals surface area contributed by atoms with Gasteiger partial charge in [-0.15, -0.1) is 0 Å². The number of carbonyl (C=O) groups excluding carboxylic acids is 2. The Hall–Kier alpha value is -5.11. The van der Waals surface area contributed by atoms with E-state index in [2.05, 4.69) is 26.8 Å². The van der Waals surface area contributed by atoms with E-state index in [0.717, 1.165) is 18.4 Å². The van der Waals surface area contributed by atoms with Crippen LogP contribution in [0.1, 0.15) is 29.2 Å². The van der Waals surface area contributed by atoms with Crippen LogP contribution in [0, 0.1) is 17.2 Å². The Morgan fingerprint density at radius 3 is 2.58 bits per heavy atom. The number of likely N-dealkylation sites (tertiary alicyclic amines) is 1. The van der Waals surface area contributed by atoms with Gasteiger partial charge in [-0.25, -0.2) is 19.6 Å². The van der Waals surface area contributed by atoms with Crippen molar-refractivity contribution in [2.24, 2.45) is 5.92 Å². The van der Waals surface area contributed by atoms with Crippen LogP contribution in [0.25, 0.3) is 22.3 Å².